The predicted molar refractivity (Wildman–Crippen MR) is 117 cm³/mol. The minimum Gasteiger partial charge on any atom is -0.408 e. The molecule has 158 valence electrons. The topological polar surface area (TPSA) is 84.5 Å². The number of aromatic nitrogens is 1. The van der Waals surface area contributed by atoms with Gasteiger partial charge in [-0.05, 0) is 50.5 Å². The van der Waals surface area contributed by atoms with Gasteiger partial charge in [0.25, 0.3) is 0 Å². The summed E-state index contributed by atoms with van der Waals surface area (Å²) in [5.41, 5.74) is 5.16. The van der Waals surface area contributed by atoms with E-state index in [9.17, 15) is 14.4 Å². The molecule has 0 aliphatic rings. The maximum absolute atomic E-state index is 12.4. The van der Waals surface area contributed by atoms with Crippen molar-refractivity contribution >= 4 is 28.6 Å². The molecule has 7 nitrogen and oxygen atoms in total. The number of nitrogens with zero attached hydrogens (tertiary/aromatic N) is 2. The van der Waals surface area contributed by atoms with E-state index in [-0.39, 0.29) is 24.8 Å². The summed E-state index contributed by atoms with van der Waals surface area (Å²) in [6.07, 6.45) is 0.711. The van der Waals surface area contributed by atoms with E-state index in [1.54, 1.807) is 19.2 Å². The Bertz CT molecular complexity index is 1120. The third-order valence-corrected chi connectivity index (χ3v) is 5.09. The normalized spacial score (nSPS) is 10.9. The van der Waals surface area contributed by atoms with Crippen molar-refractivity contribution < 1.29 is 14.0 Å². The van der Waals surface area contributed by atoms with Crippen LogP contribution >= 0.6 is 0 Å². The number of anilines is 1. The summed E-state index contributed by atoms with van der Waals surface area (Å²) in [5, 5.41) is 2.91. The fourth-order valence-electron chi connectivity index (χ4n) is 3.66. The van der Waals surface area contributed by atoms with Crippen LogP contribution in [0, 0.1) is 20.8 Å². The molecule has 0 radical (unpaired) electrons. The SMILES string of the molecule is Cc1cc(C)c(NC(=O)CN(C)C(=O)CCCn2c(=O)oc3ccccc32)c(C)c1. The second-order valence-corrected chi connectivity index (χ2v) is 7.66. The number of oxazole rings is 1. The van der Waals surface area contributed by atoms with E-state index in [1.165, 1.54) is 9.47 Å². The number of benzene rings is 2. The molecule has 2 amide bonds. The highest BCUT2D eigenvalue weighted by Crippen LogP contribution is 2.21. The van der Waals surface area contributed by atoms with Gasteiger partial charge in [-0.2, -0.15) is 0 Å². The molecule has 3 aromatic rings. The second kappa shape index (κ2) is 8.98. The van der Waals surface area contributed by atoms with Gasteiger partial charge in [-0.25, -0.2) is 4.79 Å². The van der Waals surface area contributed by atoms with Crippen molar-refractivity contribution in [1.29, 1.82) is 0 Å². The third-order valence-electron chi connectivity index (χ3n) is 5.09. The van der Waals surface area contributed by atoms with Gasteiger partial charge in [0.05, 0.1) is 12.1 Å². The molecule has 0 saturated carbocycles. The van der Waals surface area contributed by atoms with Crippen molar-refractivity contribution in [2.24, 2.45) is 0 Å². The summed E-state index contributed by atoms with van der Waals surface area (Å²) < 4.78 is 6.73. The lowest BCUT2D eigenvalue weighted by molar-refractivity contribution is -0.133. The lowest BCUT2D eigenvalue weighted by atomic mass is 10.1. The Kier molecular flexibility index (Phi) is 6.40. The number of carbonyl (C=O) groups excluding carboxylic acids is 2. The van der Waals surface area contributed by atoms with Crippen molar-refractivity contribution in [3.05, 3.63) is 63.6 Å². The molecule has 0 fully saturated rings. The largest absolute Gasteiger partial charge is 0.419 e. The smallest absolute Gasteiger partial charge is 0.408 e. The van der Waals surface area contributed by atoms with E-state index >= 15 is 0 Å². The maximum Gasteiger partial charge on any atom is 0.419 e. The van der Waals surface area contributed by atoms with E-state index in [0.717, 1.165) is 22.4 Å². The minimum absolute atomic E-state index is 0.0276. The summed E-state index contributed by atoms with van der Waals surface area (Å²) >= 11 is 0. The molecule has 0 spiro atoms. The van der Waals surface area contributed by atoms with Crippen LogP contribution in [0.25, 0.3) is 11.1 Å². The number of para-hydroxylation sites is 2. The van der Waals surface area contributed by atoms with Gasteiger partial charge in [0.2, 0.25) is 11.8 Å². The zero-order valence-electron chi connectivity index (χ0n) is 17.8. The van der Waals surface area contributed by atoms with E-state index in [0.29, 0.717) is 24.1 Å². The van der Waals surface area contributed by atoms with Crippen LogP contribution in [-0.4, -0.2) is 34.9 Å². The van der Waals surface area contributed by atoms with Gasteiger partial charge in [-0.15, -0.1) is 0 Å². The number of likely N-dealkylation sites (N-methyl/N-ethyl adjacent to an activating group) is 1. The Morgan fingerprint density at radius 1 is 1.10 bits per heavy atom. The van der Waals surface area contributed by atoms with Gasteiger partial charge in [-0.3, -0.25) is 14.2 Å². The van der Waals surface area contributed by atoms with Gasteiger partial charge < -0.3 is 14.6 Å². The number of hydrogen-bond donors (Lipinski definition) is 1. The summed E-state index contributed by atoms with van der Waals surface area (Å²) in [6.45, 7) is 6.26. The first-order valence-corrected chi connectivity index (χ1v) is 9.96. The van der Waals surface area contributed by atoms with Gasteiger partial charge in [0.15, 0.2) is 5.58 Å². The Labute approximate surface area is 175 Å². The van der Waals surface area contributed by atoms with E-state index < -0.39 is 5.76 Å². The van der Waals surface area contributed by atoms with E-state index in [1.807, 2.05) is 45.0 Å². The van der Waals surface area contributed by atoms with Crippen LogP contribution < -0.4 is 11.1 Å². The van der Waals surface area contributed by atoms with Crippen molar-refractivity contribution in [2.75, 3.05) is 18.9 Å². The number of rotatable bonds is 7. The molecular weight excluding hydrogens is 382 g/mol. The van der Waals surface area contributed by atoms with Crippen molar-refractivity contribution in [2.45, 2.75) is 40.2 Å². The molecule has 1 heterocycles. The summed E-state index contributed by atoms with van der Waals surface area (Å²) in [4.78, 5) is 38.2. The predicted octanol–water partition coefficient (Wildman–Crippen LogP) is 3.40. The van der Waals surface area contributed by atoms with Gasteiger partial charge >= 0.3 is 5.76 Å². The second-order valence-electron chi connectivity index (χ2n) is 7.66. The van der Waals surface area contributed by atoms with Crippen LogP contribution in [0.2, 0.25) is 0 Å². The van der Waals surface area contributed by atoms with Gasteiger partial charge in [-0.1, -0.05) is 29.8 Å². The van der Waals surface area contributed by atoms with Gasteiger partial charge in [0, 0.05) is 25.7 Å². The molecule has 3 rings (SSSR count). The molecule has 7 heteroatoms. The Morgan fingerprint density at radius 2 is 1.77 bits per heavy atom. The first kappa shape index (κ1) is 21.4. The van der Waals surface area contributed by atoms with Crippen molar-refractivity contribution in [1.82, 2.24) is 9.47 Å². The van der Waals surface area contributed by atoms with Crippen molar-refractivity contribution in [3.63, 3.8) is 0 Å². The molecule has 0 bridgehead atoms. The van der Waals surface area contributed by atoms with Crippen LogP contribution in [0.15, 0.2) is 45.6 Å². The Morgan fingerprint density at radius 3 is 2.47 bits per heavy atom. The summed E-state index contributed by atoms with van der Waals surface area (Å²) in [6, 6.07) is 11.2. The molecule has 1 N–H and O–H groups in total. The third kappa shape index (κ3) is 4.79. The quantitative estimate of drug-likeness (QED) is 0.648. The fourth-order valence-corrected chi connectivity index (χ4v) is 3.66. The molecule has 0 saturated heterocycles. The molecule has 0 atom stereocenters. The van der Waals surface area contributed by atoms with Crippen LogP contribution in [-0.2, 0) is 16.1 Å². The monoisotopic (exact) mass is 409 g/mol. The number of aryl methyl sites for hydroxylation is 4. The number of fused-ring (bicyclic) bond motifs is 1. The number of hydrogen-bond acceptors (Lipinski definition) is 4. The van der Waals surface area contributed by atoms with E-state index in [4.69, 9.17) is 4.42 Å². The number of nitrogens with one attached hydrogen (secondary N) is 1. The molecule has 0 aliphatic heterocycles. The first-order valence-electron chi connectivity index (χ1n) is 9.96. The standard InChI is InChI=1S/C23H27N3O4/c1-15-12-16(2)22(17(3)13-15)24-20(27)14-25(4)21(28)10-7-11-26-18-8-5-6-9-19(18)30-23(26)29/h5-6,8-9,12-13H,7,10-11,14H2,1-4H3,(H,24,27). The molecule has 0 unspecified atom stereocenters. The Balaban J connectivity index is 1.53. The lowest BCUT2D eigenvalue weighted by Gasteiger charge is -2.18. The zero-order chi connectivity index (χ0) is 21.8. The number of carbonyl (C=O) groups is 2. The molecule has 0 aliphatic carbocycles. The first-order chi connectivity index (χ1) is 14.3. The number of amides is 2. The maximum atomic E-state index is 12.4. The highest BCUT2D eigenvalue weighted by molar-refractivity contribution is 5.95. The van der Waals surface area contributed by atoms with Crippen LogP contribution in [0.3, 0.4) is 0 Å². The highest BCUT2D eigenvalue weighted by atomic mass is 16.4. The van der Waals surface area contributed by atoms with Crippen LogP contribution in [0.4, 0.5) is 5.69 Å². The lowest BCUT2D eigenvalue weighted by Crippen LogP contribution is -2.35. The Hall–Kier alpha value is -3.35. The summed E-state index contributed by atoms with van der Waals surface area (Å²) in [7, 11) is 1.61. The fraction of sp³-hybridized carbons (Fsp3) is 0.348. The average Bonchev–Trinajstić information content (AvgIpc) is 3.00. The van der Waals surface area contributed by atoms with Crippen LogP contribution in [0.1, 0.15) is 29.5 Å². The highest BCUT2D eigenvalue weighted by Gasteiger charge is 2.15. The summed E-state index contributed by atoms with van der Waals surface area (Å²) in [5.74, 6) is -0.818. The average molecular weight is 409 g/mol. The molecule has 2 aromatic carbocycles. The van der Waals surface area contributed by atoms with E-state index in [2.05, 4.69) is 5.32 Å². The molecule has 30 heavy (non-hydrogen) atoms. The van der Waals surface area contributed by atoms with Crippen LogP contribution in [0.5, 0.6) is 0 Å². The minimum atomic E-state index is -0.430. The van der Waals surface area contributed by atoms with Gasteiger partial charge in [0.1, 0.15) is 0 Å². The molecule has 1 aromatic heterocycles. The van der Waals surface area contributed by atoms with Crippen molar-refractivity contribution in [3.8, 4) is 0 Å². The molecular formula is C23H27N3O4. The zero-order valence-corrected chi connectivity index (χ0v) is 17.8.